The lowest BCUT2D eigenvalue weighted by Crippen LogP contribution is -2.27. The highest BCUT2D eigenvalue weighted by atomic mass is 35.5. The first kappa shape index (κ1) is 22.6. The third kappa shape index (κ3) is 5.08. The molecule has 0 unspecified atom stereocenters. The number of rotatable bonds is 7. The molecule has 1 aromatic heterocycles. The Bertz CT molecular complexity index is 1360. The molecule has 0 aliphatic heterocycles. The lowest BCUT2D eigenvalue weighted by molar-refractivity contribution is 0.102. The number of halogens is 1. The summed E-state index contributed by atoms with van der Waals surface area (Å²) in [7, 11) is -2.35. The number of hydrogen-bond acceptors (Lipinski definition) is 6. The number of benzene rings is 3. The molecule has 0 aliphatic rings. The third-order valence-electron chi connectivity index (χ3n) is 4.88. The molecule has 9 nitrogen and oxygen atoms in total. The van der Waals surface area contributed by atoms with E-state index in [0.29, 0.717) is 11.4 Å². The minimum Gasteiger partial charge on any atom is -0.322 e. The maximum absolute atomic E-state index is 13.1. The molecular formula is C22H19ClN6O3S. The molecule has 3 aromatic carbocycles. The van der Waals surface area contributed by atoms with Crippen LogP contribution in [-0.2, 0) is 16.6 Å². The Labute approximate surface area is 195 Å². The van der Waals surface area contributed by atoms with Gasteiger partial charge in [-0.2, -0.15) is 4.31 Å². The highest BCUT2D eigenvalue weighted by Gasteiger charge is 2.23. The molecule has 0 fully saturated rings. The zero-order valence-corrected chi connectivity index (χ0v) is 19.0. The zero-order chi connectivity index (χ0) is 23.4. The predicted octanol–water partition coefficient (Wildman–Crippen LogP) is 3.39. The topological polar surface area (TPSA) is 110 Å². The summed E-state index contributed by atoms with van der Waals surface area (Å²) in [5, 5.41) is 13.8. The van der Waals surface area contributed by atoms with E-state index in [0.717, 1.165) is 5.56 Å². The highest BCUT2D eigenvalue weighted by molar-refractivity contribution is 7.89. The van der Waals surface area contributed by atoms with Crippen LogP contribution < -0.4 is 5.32 Å². The van der Waals surface area contributed by atoms with Gasteiger partial charge in [0.2, 0.25) is 10.0 Å². The summed E-state index contributed by atoms with van der Waals surface area (Å²) in [4.78, 5) is 12.8. The number of amides is 1. The Morgan fingerprint density at radius 1 is 1.06 bits per heavy atom. The lowest BCUT2D eigenvalue weighted by Gasteiger charge is -2.18. The summed E-state index contributed by atoms with van der Waals surface area (Å²) in [5.41, 5.74) is 2.11. The van der Waals surface area contributed by atoms with E-state index in [1.165, 1.54) is 40.6 Å². The van der Waals surface area contributed by atoms with E-state index in [2.05, 4.69) is 20.8 Å². The number of nitrogens with one attached hydrogen (secondary N) is 1. The Morgan fingerprint density at radius 2 is 1.79 bits per heavy atom. The van der Waals surface area contributed by atoms with Crippen LogP contribution in [0.4, 0.5) is 5.69 Å². The molecule has 0 bridgehead atoms. The van der Waals surface area contributed by atoms with Crippen molar-refractivity contribution in [1.82, 2.24) is 24.5 Å². The first-order valence-electron chi connectivity index (χ1n) is 9.79. The average molecular weight is 483 g/mol. The quantitative estimate of drug-likeness (QED) is 0.432. The van der Waals surface area contributed by atoms with Crippen molar-refractivity contribution in [3.8, 4) is 5.69 Å². The van der Waals surface area contributed by atoms with Crippen molar-refractivity contribution in [3.05, 3.63) is 95.3 Å². The van der Waals surface area contributed by atoms with Crippen LogP contribution in [0, 0.1) is 0 Å². The first-order chi connectivity index (χ1) is 15.8. The van der Waals surface area contributed by atoms with Crippen molar-refractivity contribution in [2.45, 2.75) is 11.4 Å². The van der Waals surface area contributed by atoms with Crippen LogP contribution >= 0.6 is 11.6 Å². The Morgan fingerprint density at radius 3 is 2.45 bits per heavy atom. The van der Waals surface area contributed by atoms with Crippen molar-refractivity contribution in [1.29, 1.82) is 0 Å². The normalized spacial score (nSPS) is 11.5. The summed E-state index contributed by atoms with van der Waals surface area (Å²) in [6, 6.07) is 20.1. The lowest BCUT2D eigenvalue weighted by atomic mass is 10.2. The molecule has 4 rings (SSSR count). The van der Waals surface area contributed by atoms with Crippen molar-refractivity contribution < 1.29 is 13.2 Å². The van der Waals surface area contributed by atoms with Crippen molar-refractivity contribution in [2.75, 3.05) is 12.4 Å². The van der Waals surface area contributed by atoms with Crippen LogP contribution in [0.5, 0.6) is 0 Å². The molecule has 1 N–H and O–H groups in total. The molecule has 1 amide bonds. The van der Waals surface area contributed by atoms with E-state index in [9.17, 15) is 13.2 Å². The maximum Gasteiger partial charge on any atom is 0.257 e. The fraction of sp³-hybridized carbons (Fsp3) is 0.0909. The molecular weight excluding hydrogens is 464 g/mol. The van der Waals surface area contributed by atoms with Gasteiger partial charge in [-0.1, -0.05) is 41.9 Å². The van der Waals surface area contributed by atoms with Crippen molar-refractivity contribution >= 4 is 33.2 Å². The van der Waals surface area contributed by atoms with Gasteiger partial charge in [0.05, 0.1) is 21.2 Å². The molecule has 168 valence electrons. The number of aromatic nitrogens is 4. The number of sulfonamides is 1. The minimum absolute atomic E-state index is 0.0236. The van der Waals surface area contributed by atoms with E-state index in [1.54, 1.807) is 24.3 Å². The maximum atomic E-state index is 13.1. The second-order valence-electron chi connectivity index (χ2n) is 7.14. The average Bonchev–Trinajstić information content (AvgIpc) is 3.35. The Kier molecular flexibility index (Phi) is 6.50. The summed E-state index contributed by atoms with van der Waals surface area (Å²) in [6.45, 7) is 0.195. The molecule has 4 aromatic rings. The van der Waals surface area contributed by atoms with E-state index >= 15 is 0 Å². The molecule has 33 heavy (non-hydrogen) atoms. The molecule has 0 spiro atoms. The van der Waals surface area contributed by atoms with Crippen LogP contribution in [0.3, 0.4) is 0 Å². The molecule has 0 saturated carbocycles. The van der Waals surface area contributed by atoms with Gasteiger partial charge in [0, 0.05) is 19.3 Å². The number of hydrogen-bond donors (Lipinski definition) is 1. The molecule has 0 atom stereocenters. The third-order valence-corrected chi connectivity index (χ3v) is 7.01. The van der Waals surface area contributed by atoms with E-state index in [-0.39, 0.29) is 22.0 Å². The second kappa shape index (κ2) is 9.49. The predicted molar refractivity (Wildman–Crippen MR) is 124 cm³/mol. The Hall–Kier alpha value is -3.60. The van der Waals surface area contributed by atoms with Gasteiger partial charge in [0.25, 0.3) is 5.91 Å². The van der Waals surface area contributed by atoms with Gasteiger partial charge in [-0.15, -0.1) is 5.10 Å². The number of carbonyl (C=O) groups is 1. The van der Waals surface area contributed by atoms with E-state index < -0.39 is 15.9 Å². The van der Waals surface area contributed by atoms with Gasteiger partial charge in [-0.05, 0) is 58.5 Å². The van der Waals surface area contributed by atoms with Crippen LogP contribution in [0.1, 0.15) is 15.9 Å². The molecule has 0 saturated heterocycles. The minimum atomic E-state index is -3.84. The monoisotopic (exact) mass is 482 g/mol. The van der Waals surface area contributed by atoms with Crippen LogP contribution in [0.25, 0.3) is 5.69 Å². The van der Waals surface area contributed by atoms with Crippen LogP contribution in [0.15, 0.2) is 84.0 Å². The van der Waals surface area contributed by atoms with Crippen LogP contribution in [0.2, 0.25) is 5.02 Å². The van der Waals surface area contributed by atoms with Crippen molar-refractivity contribution in [3.63, 3.8) is 0 Å². The molecule has 0 aliphatic carbocycles. The first-order valence-corrected chi connectivity index (χ1v) is 11.6. The number of nitrogens with zero attached hydrogens (tertiary/aromatic N) is 5. The number of carbonyl (C=O) groups excluding carboxylic acids is 1. The smallest absolute Gasteiger partial charge is 0.257 e. The largest absolute Gasteiger partial charge is 0.322 e. The standard InChI is InChI=1S/C22H19ClN6O3S/c1-28(14-16-5-3-2-4-6-16)33(31,32)19-11-12-21(23)20(13-19)22(30)25-17-7-9-18(10-8-17)29-15-24-26-27-29/h2-13,15H,14H2,1H3,(H,25,30). The summed E-state index contributed by atoms with van der Waals surface area (Å²) in [6.07, 6.45) is 1.45. The summed E-state index contributed by atoms with van der Waals surface area (Å²) < 4.78 is 28.8. The fourth-order valence-corrected chi connectivity index (χ4v) is 4.51. The number of tetrazole rings is 1. The second-order valence-corrected chi connectivity index (χ2v) is 9.60. The van der Waals surface area contributed by atoms with Gasteiger partial charge in [-0.25, -0.2) is 13.1 Å². The zero-order valence-electron chi connectivity index (χ0n) is 17.5. The summed E-state index contributed by atoms with van der Waals surface area (Å²) >= 11 is 6.21. The van der Waals surface area contributed by atoms with E-state index in [4.69, 9.17) is 11.6 Å². The van der Waals surface area contributed by atoms with E-state index in [1.807, 2.05) is 30.3 Å². The highest BCUT2D eigenvalue weighted by Crippen LogP contribution is 2.24. The fourth-order valence-electron chi connectivity index (χ4n) is 3.12. The van der Waals surface area contributed by atoms with Gasteiger partial charge in [0.15, 0.2) is 0 Å². The Balaban J connectivity index is 1.53. The van der Waals surface area contributed by atoms with Gasteiger partial charge in [-0.3, -0.25) is 4.79 Å². The van der Waals surface area contributed by atoms with Gasteiger partial charge in [0.1, 0.15) is 6.33 Å². The van der Waals surface area contributed by atoms with Gasteiger partial charge < -0.3 is 5.32 Å². The molecule has 1 heterocycles. The van der Waals surface area contributed by atoms with Gasteiger partial charge >= 0.3 is 0 Å². The number of anilines is 1. The SMILES string of the molecule is CN(Cc1ccccc1)S(=O)(=O)c1ccc(Cl)c(C(=O)Nc2ccc(-n3cnnn3)cc2)c1. The molecule has 0 radical (unpaired) electrons. The summed E-state index contributed by atoms with van der Waals surface area (Å²) in [5.74, 6) is -0.530. The van der Waals surface area contributed by atoms with Crippen LogP contribution in [-0.4, -0.2) is 45.9 Å². The van der Waals surface area contributed by atoms with Crippen molar-refractivity contribution in [2.24, 2.45) is 0 Å². The molecule has 11 heteroatoms.